The van der Waals surface area contributed by atoms with Crippen LogP contribution < -0.4 is 5.73 Å². The minimum atomic E-state index is -0.0747. The number of hydrogen-bond acceptors (Lipinski definition) is 5. The van der Waals surface area contributed by atoms with Crippen molar-refractivity contribution in [2.45, 2.75) is 12.8 Å². The predicted molar refractivity (Wildman–Crippen MR) is 110 cm³/mol. The van der Waals surface area contributed by atoms with Crippen molar-refractivity contribution in [1.82, 2.24) is 14.8 Å². The molecule has 0 bridgehead atoms. The largest absolute Gasteiger partial charge is 0.339 e. The van der Waals surface area contributed by atoms with Crippen LogP contribution in [0.25, 0.3) is 0 Å². The maximum atomic E-state index is 12.5. The van der Waals surface area contributed by atoms with Crippen molar-refractivity contribution in [3.8, 4) is 0 Å². The average molecular weight is 429 g/mol. The molecule has 2 heterocycles. The molecule has 0 atom stereocenters. The van der Waals surface area contributed by atoms with Crippen LogP contribution >= 0.6 is 35.3 Å². The standard InChI is InChI=1S/C18H21ClN4O2S.ClH/c19-14-3-1-13(2-4-14)11-17(24)22-7-9-23(10-8-22)18(25)15-12-26-16(21-15)5-6-20;/h1-4,12H,5-11,20H2;1H. The second-order valence-electron chi connectivity index (χ2n) is 6.14. The van der Waals surface area contributed by atoms with Crippen LogP contribution in [0.3, 0.4) is 0 Å². The fourth-order valence-electron chi connectivity index (χ4n) is 2.86. The van der Waals surface area contributed by atoms with Gasteiger partial charge in [0, 0.05) is 43.0 Å². The smallest absolute Gasteiger partial charge is 0.273 e. The molecule has 146 valence electrons. The molecule has 9 heteroatoms. The average Bonchev–Trinajstić information content (AvgIpc) is 3.12. The van der Waals surface area contributed by atoms with Crippen LogP contribution in [0, 0.1) is 0 Å². The minimum absolute atomic E-state index is 0. The summed E-state index contributed by atoms with van der Waals surface area (Å²) in [7, 11) is 0. The van der Waals surface area contributed by atoms with E-state index in [2.05, 4.69) is 4.98 Å². The number of halogens is 2. The van der Waals surface area contributed by atoms with E-state index >= 15 is 0 Å². The number of carbonyl (C=O) groups is 2. The molecule has 2 N–H and O–H groups in total. The Morgan fingerprint density at radius 3 is 2.37 bits per heavy atom. The van der Waals surface area contributed by atoms with Gasteiger partial charge in [-0.15, -0.1) is 23.7 Å². The van der Waals surface area contributed by atoms with Crippen molar-refractivity contribution in [2.24, 2.45) is 5.73 Å². The number of thiazole rings is 1. The minimum Gasteiger partial charge on any atom is -0.339 e. The molecule has 1 aliphatic rings. The van der Waals surface area contributed by atoms with Crippen molar-refractivity contribution < 1.29 is 9.59 Å². The number of piperazine rings is 1. The molecule has 0 saturated carbocycles. The first-order valence-electron chi connectivity index (χ1n) is 8.53. The Labute approximate surface area is 173 Å². The van der Waals surface area contributed by atoms with Crippen LogP contribution in [0.4, 0.5) is 0 Å². The predicted octanol–water partition coefficient (Wildman–Crippen LogP) is 2.25. The summed E-state index contributed by atoms with van der Waals surface area (Å²) in [6.07, 6.45) is 1.03. The number of aromatic nitrogens is 1. The molecular formula is C18H22Cl2N4O2S. The van der Waals surface area contributed by atoms with Crippen molar-refractivity contribution >= 4 is 47.2 Å². The van der Waals surface area contributed by atoms with Crippen LogP contribution in [0.1, 0.15) is 21.1 Å². The maximum Gasteiger partial charge on any atom is 0.273 e. The Balaban J connectivity index is 0.00000261. The van der Waals surface area contributed by atoms with E-state index in [-0.39, 0.29) is 24.2 Å². The summed E-state index contributed by atoms with van der Waals surface area (Å²) in [6, 6.07) is 7.30. The first-order valence-corrected chi connectivity index (χ1v) is 9.78. The molecule has 6 nitrogen and oxygen atoms in total. The quantitative estimate of drug-likeness (QED) is 0.791. The molecule has 3 rings (SSSR count). The molecule has 27 heavy (non-hydrogen) atoms. The van der Waals surface area contributed by atoms with E-state index < -0.39 is 0 Å². The summed E-state index contributed by atoms with van der Waals surface area (Å²) in [5, 5.41) is 3.32. The van der Waals surface area contributed by atoms with Crippen molar-refractivity contribution in [2.75, 3.05) is 32.7 Å². The van der Waals surface area contributed by atoms with Crippen LogP contribution in [-0.2, 0) is 17.6 Å². The van der Waals surface area contributed by atoms with Crippen molar-refractivity contribution in [1.29, 1.82) is 0 Å². The highest BCUT2D eigenvalue weighted by molar-refractivity contribution is 7.09. The summed E-state index contributed by atoms with van der Waals surface area (Å²) >= 11 is 7.33. The van der Waals surface area contributed by atoms with Gasteiger partial charge in [-0.1, -0.05) is 23.7 Å². The second kappa shape index (κ2) is 10.0. The molecule has 2 aromatic rings. The number of hydrogen-bond donors (Lipinski definition) is 1. The third-order valence-electron chi connectivity index (χ3n) is 4.32. The molecule has 0 radical (unpaired) electrons. The van der Waals surface area contributed by atoms with Crippen LogP contribution in [0.2, 0.25) is 5.02 Å². The van der Waals surface area contributed by atoms with Gasteiger partial charge in [0.05, 0.1) is 11.4 Å². The highest BCUT2D eigenvalue weighted by Crippen LogP contribution is 2.15. The van der Waals surface area contributed by atoms with E-state index in [1.165, 1.54) is 11.3 Å². The van der Waals surface area contributed by atoms with Gasteiger partial charge in [0.15, 0.2) is 0 Å². The summed E-state index contributed by atoms with van der Waals surface area (Å²) in [5.74, 6) is -0.00682. The third kappa shape index (κ3) is 5.65. The second-order valence-corrected chi connectivity index (χ2v) is 7.52. The first kappa shape index (κ1) is 21.6. The SMILES string of the molecule is Cl.NCCc1nc(C(=O)N2CCN(C(=O)Cc3ccc(Cl)cc3)CC2)cs1. The number of nitrogens with zero attached hydrogens (tertiary/aromatic N) is 3. The molecule has 1 saturated heterocycles. The number of nitrogens with two attached hydrogens (primary N) is 1. The molecule has 0 spiro atoms. The zero-order valence-electron chi connectivity index (χ0n) is 14.8. The van der Waals surface area contributed by atoms with E-state index in [0.29, 0.717) is 56.3 Å². The zero-order chi connectivity index (χ0) is 18.5. The monoisotopic (exact) mass is 428 g/mol. The van der Waals surface area contributed by atoms with Gasteiger partial charge < -0.3 is 15.5 Å². The lowest BCUT2D eigenvalue weighted by Gasteiger charge is -2.34. The lowest BCUT2D eigenvalue weighted by atomic mass is 10.1. The Morgan fingerprint density at radius 2 is 1.74 bits per heavy atom. The maximum absolute atomic E-state index is 12.5. The number of carbonyl (C=O) groups excluding carboxylic acids is 2. The van der Waals surface area contributed by atoms with Gasteiger partial charge in [0.1, 0.15) is 5.69 Å². The van der Waals surface area contributed by atoms with Crippen molar-refractivity contribution in [3.05, 3.63) is 50.9 Å². The topological polar surface area (TPSA) is 79.5 Å². The Bertz CT molecular complexity index is 774. The molecule has 1 aromatic carbocycles. The molecule has 1 aromatic heterocycles. The summed E-state index contributed by atoms with van der Waals surface area (Å²) in [6.45, 7) is 2.65. The fourth-order valence-corrected chi connectivity index (χ4v) is 3.77. The number of amides is 2. The van der Waals surface area contributed by atoms with Gasteiger partial charge in [-0.3, -0.25) is 9.59 Å². The van der Waals surface area contributed by atoms with E-state index in [1.54, 1.807) is 27.3 Å². The molecule has 0 unspecified atom stereocenters. The van der Waals surface area contributed by atoms with E-state index in [0.717, 1.165) is 10.6 Å². The van der Waals surface area contributed by atoms with E-state index in [4.69, 9.17) is 17.3 Å². The van der Waals surface area contributed by atoms with Gasteiger partial charge in [-0.05, 0) is 24.2 Å². The van der Waals surface area contributed by atoms with Crippen molar-refractivity contribution in [3.63, 3.8) is 0 Å². The van der Waals surface area contributed by atoms with Gasteiger partial charge in [0.25, 0.3) is 5.91 Å². The summed E-state index contributed by atoms with van der Waals surface area (Å²) < 4.78 is 0. The molecule has 1 aliphatic heterocycles. The van der Waals surface area contributed by atoms with Gasteiger partial charge >= 0.3 is 0 Å². The molecular weight excluding hydrogens is 407 g/mol. The summed E-state index contributed by atoms with van der Waals surface area (Å²) in [4.78, 5) is 32.9. The Morgan fingerprint density at radius 1 is 1.11 bits per heavy atom. The normalized spacial score (nSPS) is 14.0. The number of rotatable bonds is 5. The van der Waals surface area contributed by atoms with Crippen LogP contribution in [0.15, 0.2) is 29.6 Å². The Kier molecular flexibility index (Phi) is 8.04. The molecule has 0 aliphatic carbocycles. The highest BCUT2D eigenvalue weighted by atomic mass is 35.5. The van der Waals surface area contributed by atoms with Gasteiger partial charge in [-0.25, -0.2) is 4.98 Å². The zero-order valence-corrected chi connectivity index (χ0v) is 17.2. The van der Waals surface area contributed by atoms with Crippen LogP contribution in [0.5, 0.6) is 0 Å². The van der Waals surface area contributed by atoms with Gasteiger partial charge in [0.2, 0.25) is 5.91 Å². The molecule has 2 amide bonds. The fraction of sp³-hybridized carbons (Fsp3) is 0.389. The third-order valence-corrected chi connectivity index (χ3v) is 5.48. The number of benzene rings is 1. The Hall–Kier alpha value is -1.67. The summed E-state index contributed by atoms with van der Waals surface area (Å²) in [5.41, 5.74) is 6.93. The highest BCUT2D eigenvalue weighted by Gasteiger charge is 2.26. The lowest BCUT2D eigenvalue weighted by Crippen LogP contribution is -2.51. The lowest BCUT2D eigenvalue weighted by molar-refractivity contribution is -0.131. The first-order chi connectivity index (χ1) is 12.6. The van der Waals surface area contributed by atoms with E-state index in [1.807, 2.05) is 12.1 Å². The van der Waals surface area contributed by atoms with Gasteiger partial charge in [-0.2, -0.15) is 0 Å². The van der Waals surface area contributed by atoms with Crippen LogP contribution in [-0.4, -0.2) is 59.3 Å². The molecule has 1 fully saturated rings. The van der Waals surface area contributed by atoms with E-state index in [9.17, 15) is 9.59 Å².